The highest BCUT2D eigenvalue weighted by molar-refractivity contribution is 4.66. The Bertz CT molecular complexity index is 106. The lowest BCUT2D eigenvalue weighted by Gasteiger charge is -2.14. The van der Waals surface area contributed by atoms with Gasteiger partial charge in [-0.1, -0.05) is 6.42 Å². The van der Waals surface area contributed by atoms with Gasteiger partial charge in [-0.25, -0.2) is 0 Å². The van der Waals surface area contributed by atoms with E-state index in [1.807, 2.05) is 0 Å². The van der Waals surface area contributed by atoms with Crippen molar-refractivity contribution in [1.82, 2.24) is 4.90 Å². The normalized spacial score (nSPS) is 21.5. The molecule has 1 aliphatic rings. The number of nitrogens with two attached hydrogens (primary N) is 1. The zero-order chi connectivity index (χ0) is 8.81. The summed E-state index contributed by atoms with van der Waals surface area (Å²) in [5.41, 5.74) is 5.67. The van der Waals surface area contributed by atoms with Crippen LogP contribution in [0.5, 0.6) is 0 Å². The van der Waals surface area contributed by atoms with Crippen LogP contribution in [-0.4, -0.2) is 30.6 Å². The molecule has 0 aromatic rings. The first-order valence-electron chi connectivity index (χ1n) is 5.27. The minimum atomic E-state index is 0.392. The summed E-state index contributed by atoms with van der Waals surface area (Å²) in [6.45, 7) is 6.05. The van der Waals surface area contributed by atoms with Gasteiger partial charge >= 0.3 is 0 Å². The minimum absolute atomic E-state index is 0.392. The lowest BCUT2D eigenvalue weighted by Crippen LogP contribution is -2.21. The highest BCUT2D eigenvalue weighted by Gasteiger charge is 2.09. The van der Waals surface area contributed by atoms with E-state index in [-0.39, 0.29) is 0 Å². The maximum Gasteiger partial charge on any atom is 0.00104 e. The van der Waals surface area contributed by atoms with Crippen LogP contribution in [0.4, 0.5) is 0 Å². The average molecular weight is 170 g/mol. The molecule has 0 aliphatic carbocycles. The molecule has 1 atom stereocenters. The van der Waals surface area contributed by atoms with Crippen molar-refractivity contribution in [2.45, 2.75) is 45.1 Å². The summed E-state index contributed by atoms with van der Waals surface area (Å²) >= 11 is 0. The summed E-state index contributed by atoms with van der Waals surface area (Å²) in [4.78, 5) is 2.57. The maximum atomic E-state index is 5.67. The van der Waals surface area contributed by atoms with E-state index in [1.54, 1.807) is 0 Å². The predicted molar refractivity (Wildman–Crippen MR) is 53.2 cm³/mol. The van der Waals surface area contributed by atoms with E-state index in [0.29, 0.717) is 6.04 Å². The van der Waals surface area contributed by atoms with Crippen LogP contribution in [0.2, 0.25) is 0 Å². The lowest BCUT2D eigenvalue weighted by molar-refractivity contribution is 0.327. The Kier molecular flexibility index (Phi) is 4.62. The van der Waals surface area contributed by atoms with Gasteiger partial charge in [-0.2, -0.15) is 0 Å². The molecule has 1 fully saturated rings. The summed E-state index contributed by atoms with van der Waals surface area (Å²) < 4.78 is 0. The van der Waals surface area contributed by atoms with E-state index in [0.717, 1.165) is 0 Å². The van der Waals surface area contributed by atoms with Gasteiger partial charge < -0.3 is 10.6 Å². The molecule has 1 heterocycles. The molecule has 2 N–H and O–H groups in total. The van der Waals surface area contributed by atoms with E-state index >= 15 is 0 Å². The fourth-order valence-electron chi connectivity index (χ4n) is 1.81. The van der Waals surface area contributed by atoms with E-state index in [9.17, 15) is 0 Å². The van der Waals surface area contributed by atoms with Crippen LogP contribution in [0, 0.1) is 0 Å². The van der Waals surface area contributed by atoms with Crippen LogP contribution in [0.15, 0.2) is 0 Å². The van der Waals surface area contributed by atoms with E-state index in [4.69, 9.17) is 5.73 Å². The Morgan fingerprint density at radius 3 is 2.50 bits per heavy atom. The number of rotatable bonds is 5. The van der Waals surface area contributed by atoms with Gasteiger partial charge in [0.2, 0.25) is 0 Å². The van der Waals surface area contributed by atoms with Crippen molar-refractivity contribution in [3.05, 3.63) is 0 Å². The highest BCUT2D eigenvalue weighted by Crippen LogP contribution is 2.09. The highest BCUT2D eigenvalue weighted by atomic mass is 15.1. The summed E-state index contributed by atoms with van der Waals surface area (Å²) in [7, 11) is 0. The number of hydrogen-bond acceptors (Lipinski definition) is 2. The molecule has 2 nitrogen and oxygen atoms in total. The van der Waals surface area contributed by atoms with Gasteiger partial charge in [0.25, 0.3) is 0 Å². The Balaban J connectivity index is 1.88. The fourth-order valence-corrected chi connectivity index (χ4v) is 1.81. The van der Waals surface area contributed by atoms with E-state index in [1.165, 1.54) is 51.7 Å². The van der Waals surface area contributed by atoms with Gasteiger partial charge in [0.1, 0.15) is 0 Å². The van der Waals surface area contributed by atoms with Gasteiger partial charge in [-0.05, 0) is 52.2 Å². The topological polar surface area (TPSA) is 29.3 Å². The van der Waals surface area contributed by atoms with Crippen LogP contribution in [-0.2, 0) is 0 Å². The second-order valence-corrected chi connectivity index (χ2v) is 4.02. The predicted octanol–water partition coefficient (Wildman–Crippen LogP) is 1.60. The number of unbranched alkanes of at least 4 members (excludes halogenated alkanes) is 1. The van der Waals surface area contributed by atoms with Gasteiger partial charge in [-0.3, -0.25) is 0 Å². The van der Waals surface area contributed by atoms with Crippen LogP contribution >= 0.6 is 0 Å². The Hall–Kier alpha value is -0.0800. The second kappa shape index (κ2) is 5.55. The third-order valence-corrected chi connectivity index (χ3v) is 2.58. The molecule has 1 rings (SSSR count). The first kappa shape index (κ1) is 10.0. The van der Waals surface area contributed by atoms with Crippen molar-refractivity contribution in [3.8, 4) is 0 Å². The fraction of sp³-hybridized carbons (Fsp3) is 1.00. The van der Waals surface area contributed by atoms with Crippen molar-refractivity contribution in [3.63, 3.8) is 0 Å². The molecule has 0 amide bonds. The number of nitrogens with zero attached hydrogens (tertiary/aromatic N) is 1. The van der Waals surface area contributed by atoms with Crippen LogP contribution < -0.4 is 5.73 Å². The van der Waals surface area contributed by atoms with Crippen LogP contribution in [0.25, 0.3) is 0 Å². The maximum absolute atomic E-state index is 5.67. The Labute approximate surface area is 76.1 Å². The number of likely N-dealkylation sites (tertiary alicyclic amines) is 1. The standard InChI is InChI=1S/C10H22N2/c1-10(11)6-2-3-7-12-8-4-5-9-12/h10H,2-9,11H2,1H3/t10-/m0/s1. The molecular weight excluding hydrogens is 148 g/mol. The zero-order valence-corrected chi connectivity index (χ0v) is 8.26. The first-order chi connectivity index (χ1) is 5.79. The molecule has 0 aromatic heterocycles. The van der Waals surface area contributed by atoms with Crippen molar-refractivity contribution in [2.24, 2.45) is 5.73 Å². The molecule has 0 saturated carbocycles. The molecule has 1 saturated heterocycles. The molecular formula is C10H22N2. The molecule has 12 heavy (non-hydrogen) atoms. The van der Waals surface area contributed by atoms with Gasteiger partial charge in [0.05, 0.1) is 0 Å². The smallest absolute Gasteiger partial charge is 0.00104 e. The SMILES string of the molecule is C[C@H](N)CCCCN1CCCC1. The average Bonchev–Trinajstić information content (AvgIpc) is 2.49. The number of hydrogen-bond donors (Lipinski definition) is 1. The summed E-state index contributed by atoms with van der Waals surface area (Å²) in [6, 6.07) is 0.392. The largest absolute Gasteiger partial charge is 0.328 e. The molecule has 1 aliphatic heterocycles. The van der Waals surface area contributed by atoms with Crippen molar-refractivity contribution in [1.29, 1.82) is 0 Å². The van der Waals surface area contributed by atoms with Crippen LogP contribution in [0.3, 0.4) is 0 Å². The quantitative estimate of drug-likeness (QED) is 0.635. The minimum Gasteiger partial charge on any atom is -0.328 e. The van der Waals surface area contributed by atoms with Crippen LogP contribution in [0.1, 0.15) is 39.0 Å². The van der Waals surface area contributed by atoms with E-state index in [2.05, 4.69) is 11.8 Å². The van der Waals surface area contributed by atoms with E-state index < -0.39 is 0 Å². The van der Waals surface area contributed by atoms with Gasteiger partial charge in [-0.15, -0.1) is 0 Å². The molecule has 0 aromatic carbocycles. The monoisotopic (exact) mass is 170 g/mol. The molecule has 0 unspecified atom stereocenters. The van der Waals surface area contributed by atoms with Crippen molar-refractivity contribution in [2.75, 3.05) is 19.6 Å². The Morgan fingerprint density at radius 1 is 1.25 bits per heavy atom. The second-order valence-electron chi connectivity index (χ2n) is 4.02. The Morgan fingerprint density at radius 2 is 1.92 bits per heavy atom. The van der Waals surface area contributed by atoms with Crippen molar-refractivity contribution >= 4 is 0 Å². The summed E-state index contributed by atoms with van der Waals surface area (Å²) in [5, 5.41) is 0. The third kappa shape index (κ3) is 4.07. The molecule has 0 bridgehead atoms. The molecule has 0 radical (unpaired) electrons. The zero-order valence-electron chi connectivity index (χ0n) is 8.26. The lowest BCUT2D eigenvalue weighted by atomic mass is 10.1. The summed E-state index contributed by atoms with van der Waals surface area (Å²) in [6.07, 6.45) is 6.64. The first-order valence-corrected chi connectivity index (χ1v) is 5.27. The molecule has 2 heteroatoms. The van der Waals surface area contributed by atoms with Gasteiger partial charge in [0.15, 0.2) is 0 Å². The molecule has 72 valence electrons. The van der Waals surface area contributed by atoms with Gasteiger partial charge in [0, 0.05) is 6.04 Å². The third-order valence-electron chi connectivity index (χ3n) is 2.58. The molecule has 0 spiro atoms. The van der Waals surface area contributed by atoms with Crippen molar-refractivity contribution < 1.29 is 0 Å². The summed E-state index contributed by atoms with van der Waals surface area (Å²) in [5.74, 6) is 0.